The Bertz CT molecular complexity index is 846. The third-order valence-corrected chi connectivity index (χ3v) is 3.48. The molecule has 0 aliphatic carbocycles. The van der Waals surface area contributed by atoms with Gasteiger partial charge in [0.2, 0.25) is 0 Å². The van der Waals surface area contributed by atoms with Gasteiger partial charge >= 0.3 is 0 Å². The van der Waals surface area contributed by atoms with Crippen LogP contribution in [0.3, 0.4) is 0 Å². The van der Waals surface area contributed by atoms with E-state index in [4.69, 9.17) is 5.53 Å². The molecular weight excluding hydrogens is 304 g/mol. The van der Waals surface area contributed by atoms with Crippen LogP contribution in [0.15, 0.2) is 54.0 Å². The maximum atomic E-state index is 10.5. The SMILES string of the molecule is Cc1ccc(-c2ncnc(Nc3ccc(CN=N)nc3)c2O)cc1. The lowest BCUT2D eigenvalue weighted by molar-refractivity contribution is 0.475. The minimum Gasteiger partial charge on any atom is -0.503 e. The summed E-state index contributed by atoms with van der Waals surface area (Å²) >= 11 is 0. The Balaban J connectivity index is 1.87. The van der Waals surface area contributed by atoms with E-state index in [1.54, 1.807) is 18.3 Å². The lowest BCUT2D eigenvalue weighted by atomic mass is 10.1. The van der Waals surface area contributed by atoms with Crippen molar-refractivity contribution in [1.29, 1.82) is 5.53 Å². The van der Waals surface area contributed by atoms with E-state index >= 15 is 0 Å². The van der Waals surface area contributed by atoms with Gasteiger partial charge in [-0.25, -0.2) is 15.5 Å². The summed E-state index contributed by atoms with van der Waals surface area (Å²) in [5.74, 6) is 0.284. The zero-order valence-corrected chi connectivity index (χ0v) is 13.1. The van der Waals surface area contributed by atoms with E-state index in [0.717, 1.165) is 11.1 Å². The molecule has 3 rings (SSSR count). The van der Waals surface area contributed by atoms with Gasteiger partial charge in [0.15, 0.2) is 11.6 Å². The standard InChI is InChI=1S/C17H16N6O/c1-11-2-4-12(5-3-11)15-16(24)17(21-10-20-15)23-14-7-6-13(9-22-18)19-8-14/h2-8,10,18,24H,9H2,1H3,(H,20,21,23). The van der Waals surface area contributed by atoms with Crippen molar-refractivity contribution < 1.29 is 5.11 Å². The van der Waals surface area contributed by atoms with Gasteiger partial charge in [0, 0.05) is 5.56 Å². The molecule has 3 aromatic rings. The molecule has 0 atom stereocenters. The van der Waals surface area contributed by atoms with Crippen molar-refractivity contribution in [3.63, 3.8) is 0 Å². The average Bonchev–Trinajstić information content (AvgIpc) is 2.60. The maximum absolute atomic E-state index is 10.5. The van der Waals surface area contributed by atoms with Crippen LogP contribution in [0.5, 0.6) is 5.75 Å². The van der Waals surface area contributed by atoms with Crippen molar-refractivity contribution in [2.24, 2.45) is 5.11 Å². The first-order chi connectivity index (χ1) is 11.7. The summed E-state index contributed by atoms with van der Waals surface area (Å²) in [5, 5.41) is 16.8. The monoisotopic (exact) mass is 320 g/mol. The second kappa shape index (κ2) is 6.82. The minimum absolute atomic E-state index is 0.0217. The second-order valence-corrected chi connectivity index (χ2v) is 5.26. The zero-order valence-electron chi connectivity index (χ0n) is 13.1. The van der Waals surface area contributed by atoms with Crippen molar-refractivity contribution >= 4 is 11.5 Å². The van der Waals surface area contributed by atoms with E-state index in [0.29, 0.717) is 22.9 Å². The van der Waals surface area contributed by atoms with Crippen LogP contribution in [-0.2, 0) is 6.54 Å². The van der Waals surface area contributed by atoms with Crippen molar-refractivity contribution in [3.8, 4) is 17.0 Å². The number of pyridine rings is 1. The first kappa shape index (κ1) is 15.5. The van der Waals surface area contributed by atoms with Gasteiger partial charge < -0.3 is 10.4 Å². The van der Waals surface area contributed by atoms with Gasteiger partial charge in [0.25, 0.3) is 0 Å². The Morgan fingerprint density at radius 1 is 1.08 bits per heavy atom. The molecule has 2 heterocycles. The topological polar surface area (TPSA) is 107 Å². The molecule has 1 aromatic carbocycles. The van der Waals surface area contributed by atoms with E-state index in [2.05, 4.69) is 25.4 Å². The van der Waals surface area contributed by atoms with Gasteiger partial charge in [0.1, 0.15) is 18.6 Å². The Hall–Kier alpha value is -3.35. The van der Waals surface area contributed by atoms with Gasteiger partial charge in [-0.1, -0.05) is 29.8 Å². The Morgan fingerprint density at radius 3 is 2.54 bits per heavy atom. The van der Waals surface area contributed by atoms with Crippen LogP contribution < -0.4 is 5.32 Å². The van der Waals surface area contributed by atoms with Gasteiger partial charge in [-0.3, -0.25) is 4.98 Å². The summed E-state index contributed by atoms with van der Waals surface area (Å²) in [7, 11) is 0. The minimum atomic E-state index is -0.0217. The average molecular weight is 320 g/mol. The van der Waals surface area contributed by atoms with E-state index in [-0.39, 0.29) is 12.3 Å². The van der Waals surface area contributed by atoms with E-state index in [1.165, 1.54) is 6.33 Å². The van der Waals surface area contributed by atoms with Crippen LogP contribution in [0.4, 0.5) is 11.5 Å². The fourth-order valence-electron chi connectivity index (χ4n) is 2.20. The first-order valence-electron chi connectivity index (χ1n) is 7.33. The smallest absolute Gasteiger partial charge is 0.185 e. The van der Waals surface area contributed by atoms with Crippen LogP contribution in [0.1, 0.15) is 11.3 Å². The number of hydrogen-bond acceptors (Lipinski definition) is 7. The third kappa shape index (κ3) is 3.35. The molecule has 0 unspecified atom stereocenters. The van der Waals surface area contributed by atoms with Crippen LogP contribution in [0, 0.1) is 12.5 Å². The molecular formula is C17H16N6O. The number of aromatic nitrogens is 3. The maximum Gasteiger partial charge on any atom is 0.185 e. The Kier molecular flexibility index (Phi) is 4.42. The molecule has 0 amide bonds. The first-order valence-corrected chi connectivity index (χ1v) is 7.33. The molecule has 3 N–H and O–H groups in total. The van der Waals surface area contributed by atoms with Crippen LogP contribution in [0.25, 0.3) is 11.3 Å². The van der Waals surface area contributed by atoms with Crippen molar-refractivity contribution in [2.45, 2.75) is 13.5 Å². The summed E-state index contributed by atoms with van der Waals surface area (Å²) in [4.78, 5) is 12.4. The Labute approximate surface area is 139 Å². The van der Waals surface area contributed by atoms with Gasteiger partial charge in [-0.15, -0.1) is 0 Å². The highest BCUT2D eigenvalue weighted by atomic mass is 16.3. The number of rotatable bonds is 5. The highest BCUT2D eigenvalue weighted by molar-refractivity contribution is 5.74. The molecule has 0 radical (unpaired) electrons. The number of aromatic hydroxyl groups is 1. The fraction of sp³-hybridized carbons (Fsp3) is 0.118. The van der Waals surface area contributed by atoms with Crippen molar-refractivity contribution in [2.75, 3.05) is 5.32 Å². The molecule has 7 heteroatoms. The van der Waals surface area contributed by atoms with Gasteiger partial charge in [0.05, 0.1) is 17.6 Å². The predicted octanol–water partition coefficient (Wildman–Crippen LogP) is 3.83. The fourth-order valence-corrected chi connectivity index (χ4v) is 2.20. The number of anilines is 2. The molecule has 0 saturated heterocycles. The molecule has 120 valence electrons. The highest BCUT2D eigenvalue weighted by Gasteiger charge is 2.12. The van der Waals surface area contributed by atoms with E-state index in [1.807, 2.05) is 31.2 Å². The molecule has 7 nitrogen and oxygen atoms in total. The molecule has 0 aliphatic rings. The van der Waals surface area contributed by atoms with E-state index < -0.39 is 0 Å². The molecule has 0 aliphatic heterocycles. The summed E-state index contributed by atoms with van der Waals surface area (Å²) in [6.07, 6.45) is 3.01. The molecule has 2 aromatic heterocycles. The van der Waals surface area contributed by atoms with Gasteiger partial charge in [-0.2, -0.15) is 5.11 Å². The number of benzene rings is 1. The van der Waals surface area contributed by atoms with Gasteiger partial charge in [-0.05, 0) is 19.1 Å². The molecule has 24 heavy (non-hydrogen) atoms. The normalized spacial score (nSPS) is 10.4. The van der Waals surface area contributed by atoms with Crippen molar-refractivity contribution in [1.82, 2.24) is 15.0 Å². The zero-order chi connectivity index (χ0) is 16.9. The number of hydrogen-bond donors (Lipinski definition) is 3. The third-order valence-electron chi connectivity index (χ3n) is 3.48. The lowest BCUT2D eigenvalue weighted by Crippen LogP contribution is -1.98. The molecule has 0 saturated carbocycles. The lowest BCUT2D eigenvalue weighted by Gasteiger charge is -2.10. The highest BCUT2D eigenvalue weighted by Crippen LogP contribution is 2.33. The summed E-state index contributed by atoms with van der Waals surface area (Å²) in [6.45, 7) is 2.25. The molecule has 0 bridgehead atoms. The van der Waals surface area contributed by atoms with Crippen LogP contribution in [-0.4, -0.2) is 20.1 Å². The number of nitrogens with zero attached hydrogens (tertiary/aromatic N) is 4. The summed E-state index contributed by atoms with van der Waals surface area (Å²) in [6, 6.07) is 11.3. The quantitative estimate of drug-likeness (QED) is 0.619. The molecule has 0 fully saturated rings. The Morgan fingerprint density at radius 2 is 1.88 bits per heavy atom. The number of aryl methyl sites for hydroxylation is 1. The van der Waals surface area contributed by atoms with Crippen LogP contribution >= 0.6 is 0 Å². The van der Waals surface area contributed by atoms with Crippen LogP contribution in [0.2, 0.25) is 0 Å². The predicted molar refractivity (Wildman–Crippen MR) is 90.2 cm³/mol. The summed E-state index contributed by atoms with van der Waals surface area (Å²) < 4.78 is 0. The molecule has 0 spiro atoms. The van der Waals surface area contributed by atoms with E-state index in [9.17, 15) is 5.11 Å². The van der Waals surface area contributed by atoms with Crippen molar-refractivity contribution in [3.05, 3.63) is 60.2 Å². The second-order valence-electron chi connectivity index (χ2n) is 5.26. The number of nitrogens with one attached hydrogen (secondary N) is 2. The summed E-state index contributed by atoms with van der Waals surface area (Å²) in [5.41, 5.74) is 10.6. The largest absolute Gasteiger partial charge is 0.503 e.